The Labute approximate surface area is 155 Å². The molecule has 9 nitrogen and oxygen atoms in total. The van der Waals surface area contributed by atoms with Crippen LogP contribution in [0.15, 0.2) is 11.4 Å². The van der Waals surface area contributed by atoms with Gasteiger partial charge in [-0.2, -0.15) is 0 Å². The van der Waals surface area contributed by atoms with Crippen molar-refractivity contribution in [3.05, 3.63) is 17.0 Å². The first-order chi connectivity index (χ1) is 12.1. The molecule has 2 amide bonds. The molecule has 26 heavy (non-hydrogen) atoms. The summed E-state index contributed by atoms with van der Waals surface area (Å²) in [5, 5.41) is 4.43. The number of nitrogens with two attached hydrogens (primary N) is 1. The minimum Gasteiger partial charge on any atom is -0.452 e. The number of nitrogens with zero attached hydrogens (tertiary/aromatic N) is 1. The Bertz CT molecular complexity index is 796. The second-order valence-corrected chi connectivity index (χ2v) is 8.93. The van der Waals surface area contributed by atoms with Gasteiger partial charge in [0, 0.05) is 13.1 Å². The van der Waals surface area contributed by atoms with Crippen molar-refractivity contribution < 1.29 is 27.5 Å². The van der Waals surface area contributed by atoms with Gasteiger partial charge in [0.15, 0.2) is 6.10 Å². The zero-order chi connectivity index (χ0) is 19.5. The van der Waals surface area contributed by atoms with Crippen LogP contribution in [0.2, 0.25) is 0 Å². The highest BCUT2D eigenvalue weighted by Crippen LogP contribution is 2.24. The van der Waals surface area contributed by atoms with Crippen LogP contribution < -0.4 is 11.1 Å². The van der Waals surface area contributed by atoms with E-state index in [1.165, 1.54) is 17.3 Å². The number of ether oxygens (including phenoxy) is 1. The third-order valence-electron chi connectivity index (χ3n) is 4.09. The lowest BCUT2D eigenvalue weighted by molar-refractivity contribution is -0.158. The van der Waals surface area contributed by atoms with Gasteiger partial charge < -0.3 is 15.8 Å². The van der Waals surface area contributed by atoms with E-state index in [4.69, 9.17) is 10.5 Å². The maximum Gasteiger partial charge on any atom is 0.309 e. The lowest BCUT2D eigenvalue weighted by Gasteiger charge is -2.29. The van der Waals surface area contributed by atoms with E-state index in [2.05, 4.69) is 5.32 Å². The molecule has 1 saturated heterocycles. The number of piperidine rings is 1. The van der Waals surface area contributed by atoms with Crippen molar-refractivity contribution in [3.63, 3.8) is 0 Å². The van der Waals surface area contributed by atoms with E-state index in [1.807, 2.05) is 0 Å². The highest BCUT2D eigenvalue weighted by molar-refractivity contribution is 7.88. The summed E-state index contributed by atoms with van der Waals surface area (Å²) in [6.07, 6.45) is 0.759. The van der Waals surface area contributed by atoms with Crippen LogP contribution in [0.25, 0.3) is 0 Å². The van der Waals surface area contributed by atoms with Crippen molar-refractivity contribution in [1.82, 2.24) is 4.31 Å². The number of sulfonamides is 1. The summed E-state index contributed by atoms with van der Waals surface area (Å²) >= 11 is 1.14. The molecular formula is C15H21N3O6S2. The van der Waals surface area contributed by atoms with Gasteiger partial charge in [0.2, 0.25) is 10.0 Å². The third kappa shape index (κ3) is 5.02. The largest absolute Gasteiger partial charge is 0.452 e. The Morgan fingerprint density at radius 3 is 2.50 bits per heavy atom. The first-order valence-corrected chi connectivity index (χ1v) is 10.7. The number of carbonyl (C=O) groups is 3. The Balaban J connectivity index is 1.88. The van der Waals surface area contributed by atoms with Gasteiger partial charge in [-0.25, -0.2) is 12.7 Å². The molecule has 2 heterocycles. The van der Waals surface area contributed by atoms with E-state index in [0.29, 0.717) is 17.8 Å². The summed E-state index contributed by atoms with van der Waals surface area (Å²) in [7, 11) is -3.27. The predicted molar refractivity (Wildman–Crippen MR) is 96.2 cm³/mol. The van der Waals surface area contributed by atoms with Crippen LogP contribution >= 0.6 is 11.3 Å². The lowest BCUT2D eigenvalue weighted by Crippen LogP contribution is -2.41. The Hall–Kier alpha value is -1.98. The zero-order valence-electron chi connectivity index (χ0n) is 14.4. The van der Waals surface area contributed by atoms with Crippen molar-refractivity contribution in [2.75, 3.05) is 24.7 Å². The van der Waals surface area contributed by atoms with Crippen LogP contribution in [0.1, 0.15) is 30.1 Å². The predicted octanol–water partition coefficient (Wildman–Crippen LogP) is 0.389. The van der Waals surface area contributed by atoms with Gasteiger partial charge in [-0.1, -0.05) is 0 Å². The first kappa shape index (κ1) is 20.3. The van der Waals surface area contributed by atoms with Gasteiger partial charge in [-0.15, -0.1) is 11.3 Å². The summed E-state index contributed by atoms with van der Waals surface area (Å²) in [5.74, 6) is -2.23. The molecule has 1 aromatic heterocycles. The quantitative estimate of drug-likeness (QED) is 0.660. The molecule has 0 aromatic carbocycles. The maximum atomic E-state index is 12.2. The van der Waals surface area contributed by atoms with Crippen LogP contribution in [0.5, 0.6) is 0 Å². The van der Waals surface area contributed by atoms with Crippen LogP contribution in [0, 0.1) is 5.92 Å². The zero-order valence-corrected chi connectivity index (χ0v) is 16.1. The van der Waals surface area contributed by atoms with Crippen LogP contribution in [0.4, 0.5) is 5.00 Å². The smallest absolute Gasteiger partial charge is 0.309 e. The molecule has 0 spiro atoms. The van der Waals surface area contributed by atoms with Gasteiger partial charge in [0.25, 0.3) is 11.8 Å². The molecular weight excluding hydrogens is 382 g/mol. The molecule has 0 bridgehead atoms. The molecule has 2 rings (SSSR count). The molecule has 1 aromatic rings. The molecule has 1 fully saturated rings. The van der Waals surface area contributed by atoms with Gasteiger partial charge in [-0.3, -0.25) is 14.4 Å². The second-order valence-electron chi connectivity index (χ2n) is 6.03. The minimum absolute atomic E-state index is 0.190. The Morgan fingerprint density at radius 1 is 1.35 bits per heavy atom. The molecule has 1 aliphatic rings. The van der Waals surface area contributed by atoms with Crippen LogP contribution in [-0.2, 0) is 24.3 Å². The van der Waals surface area contributed by atoms with Gasteiger partial charge >= 0.3 is 5.97 Å². The molecule has 1 atom stereocenters. The average molecular weight is 403 g/mol. The fourth-order valence-electron chi connectivity index (χ4n) is 2.56. The molecule has 1 unspecified atom stereocenters. The Morgan fingerprint density at radius 2 is 1.96 bits per heavy atom. The molecule has 11 heteroatoms. The van der Waals surface area contributed by atoms with E-state index in [-0.39, 0.29) is 18.7 Å². The van der Waals surface area contributed by atoms with E-state index < -0.39 is 39.8 Å². The minimum atomic E-state index is -3.27. The molecule has 144 valence electrons. The van der Waals surface area contributed by atoms with Crippen molar-refractivity contribution in [3.8, 4) is 0 Å². The highest BCUT2D eigenvalue weighted by atomic mass is 32.2. The number of hydrogen-bond donors (Lipinski definition) is 2. The number of anilines is 1. The summed E-state index contributed by atoms with van der Waals surface area (Å²) in [6, 6.07) is 1.49. The fourth-order valence-corrected chi connectivity index (χ4v) is 4.23. The second kappa shape index (κ2) is 8.14. The van der Waals surface area contributed by atoms with E-state index >= 15 is 0 Å². The lowest BCUT2D eigenvalue weighted by atomic mass is 9.98. The third-order valence-corrected chi connectivity index (χ3v) is 6.22. The number of hydrogen-bond acceptors (Lipinski definition) is 7. The Kier molecular flexibility index (Phi) is 6.37. The summed E-state index contributed by atoms with van der Waals surface area (Å²) in [4.78, 5) is 35.6. The van der Waals surface area contributed by atoms with Crippen molar-refractivity contribution in [2.45, 2.75) is 25.9 Å². The molecule has 0 saturated carbocycles. The number of rotatable bonds is 6. The number of primary amides is 1. The van der Waals surface area contributed by atoms with E-state index in [0.717, 1.165) is 17.6 Å². The molecule has 0 radical (unpaired) electrons. The topological polar surface area (TPSA) is 136 Å². The van der Waals surface area contributed by atoms with Crippen LogP contribution in [-0.4, -0.2) is 56.0 Å². The summed E-state index contributed by atoms with van der Waals surface area (Å²) in [6.45, 7) is 1.92. The van der Waals surface area contributed by atoms with E-state index in [9.17, 15) is 22.8 Å². The first-order valence-electron chi connectivity index (χ1n) is 7.93. The summed E-state index contributed by atoms with van der Waals surface area (Å²) < 4.78 is 29.5. The number of carbonyl (C=O) groups excluding carboxylic acids is 3. The number of thiophene rings is 1. The molecule has 3 N–H and O–H groups in total. The highest BCUT2D eigenvalue weighted by Gasteiger charge is 2.31. The van der Waals surface area contributed by atoms with E-state index in [1.54, 1.807) is 5.38 Å². The average Bonchev–Trinajstić information content (AvgIpc) is 3.02. The molecule has 0 aliphatic carbocycles. The van der Waals surface area contributed by atoms with Gasteiger partial charge in [0.05, 0.1) is 17.7 Å². The monoisotopic (exact) mass is 403 g/mol. The fraction of sp³-hybridized carbons (Fsp3) is 0.533. The molecule has 1 aliphatic heterocycles. The standard InChI is InChI=1S/C15H21N3O6S2/c1-9(13(20)17-14-11(12(16)19)5-8-25-14)24-15(21)10-3-6-18(7-4-10)26(2,22)23/h5,8-10H,3-4,6-7H2,1-2H3,(H2,16,19)(H,17,20). The van der Waals surface area contributed by atoms with Gasteiger partial charge in [0.1, 0.15) is 5.00 Å². The normalized spacial score (nSPS) is 17.5. The van der Waals surface area contributed by atoms with Crippen molar-refractivity contribution in [2.24, 2.45) is 11.7 Å². The number of nitrogens with one attached hydrogen (secondary N) is 1. The van der Waals surface area contributed by atoms with Crippen molar-refractivity contribution >= 4 is 44.1 Å². The summed E-state index contributed by atoms with van der Waals surface area (Å²) in [5.41, 5.74) is 5.40. The van der Waals surface area contributed by atoms with Crippen molar-refractivity contribution in [1.29, 1.82) is 0 Å². The number of amides is 2. The van der Waals surface area contributed by atoms with Gasteiger partial charge in [-0.05, 0) is 31.2 Å². The van der Waals surface area contributed by atoms with Crippen LogP contribution in [0.3, 0.4) is 0 Å². The SMILES string of the molecule is CC(OC(=O)C1CCN(S(C)(=O)=O)CC1)C(=O)Nc1sccc1C(N)=O. The maximum absolute atomic E-state index is 12.2. The number of esters is 1.